The van der Waals surface area contributed by atoms with Gasteiger partial charge in [0.2, 0.25) is 0 Å². The Morgan fingerprint density at radius 1 is 1.17 bits per heavy atom. The minimum atomic E-state index is 0.334. The maximum atomic E-state index is 5.93. The minimum Gasteiger partial charge on any atom is -0.377 e. The summed E-state index contributed by atoms with van der Waals surface area (Å²) in [4.78, 5) is 0. The molecule has 0 aliphatic heterocycles. The van der Waals surface area contributed by atoms with Gasteiger partial charge in [-0.05, 0) is 45.6 Å². The van der Waals surface area contributed by atoms with E-state index in [0.717, 1.165) is 19.6 Å². The van der Waals surface area contributed by atoms with Crippen LogP contribution in [0, 0.1) is 0 Å². The number of hydrogen-bond donors (Lipinski definition) is 1. The summed E-state index contributed by atoms with van der Waals surface area (Å²) >= 11 is 0. The van der Waals surface area contributed by atoms with Gasteiger partial charge in [0, 0.05) is 6.61 Å². The second-order valence-electron chi connectivity index (χ2n) is 5.17. The van der Waals surface area contributed by atoms with Gasteiger partial charge in [-0.25, -0.2) is 0 Å². The fraction of sp³-hybridized carbons (Fsp3) is 0.875. The predicted molar refractivity (Wildman–Crippen MR) is 79.0 cm³/mol. The van der Waals surface area contributed by atoms with Crippen molar-refractivity contribution in [1.82, 2.24) is 5.32 Å². The lowest BCUT2D eigenvalue weighted by atomic mass is 9.91. The second-order valence-corrected chi connectivity index (χ2v) is 5.17. The quantitative estimate of drug-likeness (QED) is 0.691. The van der Waals surface area contributed by atoms with Gasteiger partial charge in [0.15, 0.2) is 0 Å². The van der Waals surface area contributed by atoms with Crippen molar-refractivity contribution in [1.29, 1.82) is 0 Å². The van der Waals surface area contributed by atoms with Crippen molar-refractivity contribution >= 4 is 0 Å². The molecule has 2 heteroatoms. The molecule has 106 valence electrons. The normalized spacial score (nSPS) is 20.7. The van der Waals surface area contributed by atoms with E-state index in [4.69, 9.17) is 4.74 Å². The van der Waals surface area contributed by atoms with Gasteiger partial charge in [0.05, 0.1) is 12.1 Å². The lowest BCUT2D eigenvalue weighted by Gasteiger charge is -2.30. The first-order chi connectivity index (χ1) is 8.83. The summed E-state index contributed by atoms with van der Waals surface area (Å²) < 4.78 is 5.93. The molecule has 18 heavy (non-hydrogen) atoms. The molecule has 1 N–H and O–H groups in total. The van der Waals surface area contributed by atoms with Crippen molar-refractivity contribution in [2.24, 2.45) is 0 Å². The molecular weight excluding hydrogens is 222 g/mol. The third-order valence-electron chi connectivity index (χ3n) is 3.80. The van der Waals surface area contributed by atoms with E-state index in [-0.39, 0.29) is 0 Å². The zero-order valence-electron chi connectivity index (χ0n) is 12.5. The highest BCUT2D eigenvalue weighted by molar-refractivity contribution is 5.14. The minimum absolute atomic E-state index is 0.334. The maximum Gasteiger partial charge on any atom is 0.0763 e. The zero-order chi connectivity index (χ0) is 13.2. The molecule has 0 radical (unpaired) electrons. The summed E-state index contributed by atoms with van der Waals surface area (Å²) in [7, 11) is 0. The number of ether oxygens (including phenoxy) is 1. The predicted octanol–water partition coefficient (Wildman–Crippen LogP) is 4.06. The highest BCUT2D eigenvalue weighted by Gasteiger charge is 2.23. The molecule has 0 bridgehead atoms. The summed E-state index contributed by atoms with van der Waals surface area (Å²) in [6, 6.07) is 0.429. The van der Waals surface area contributed by atoms with Crippen LogP contribution in [0.15, 0.2) is 11.6 Å². The first kappa shape index (κ1) is 15.7. The molecule has 1 aliphatic rings. The van der Waals surface area contributed by atoms with Crippen LogP contribution in [0.3, 0.4) is 0 Å². The molecule has 0 aromatic carbocycles. The first-order valence-electron chi connectivity index (χ1n) is 7.87. The fourth-order valence-electron chi connectivity index (χ4n) is 2.88. The van der Waals surface area contributed by atoms with Gasteiger partial charge >= 0.3 is 0 Å². The molecule has 1 rings (SSSR count). The number of rotatable bonds is 7. The Bertz CT molecular complexity index is 237. The van der Waals surface area contributed by atoms with Gasteiger partial charge in [0.1, 0.15) is 0 Å². The average Bonchev–Trinajstić information content (AvgIpc) is 2.34. The Morgan fingerprint density at radius 3 is 2.61 bits per heavy atom. The topological polar surface area (TPSA) is 21.3 Å². The van der Waals surface area contributed by atoms with Crippen LogP contribution in [-0.4, -0.2) is 25.3 Å². The highest BCUT2D eigenvalue weighted by Crippen LogP contribution is 2.23. The number of likely N-dealkylation sites (N-methyl/N-ethyl adjacent to an activating group) is 1. The van der Waals surface area contributed by atoms with Crippen LogP contribution in [0.2, 0.25) is 0 Å². The smallest absolute Gasteiger partial charge is 0.0763 e. The van der Waals surface area contributed by atoms with Crippen molar-refractivity contribution in [3.05, 3.63) is 11.6 Å². The van der Waals surface area contributed by atoms with E-state index in [1.165, 1.54) is 38.5 Å². The van der Waals surface area contributed by atoms with Gasteiger partial charge in [-0.2, -0.15) is 0 Å². The van der Waals surface area contributed by atoms with Gasteiger partial charge in [-0.1, -0.05) is 38.3 Å². The van der Waals surface area contributed by atoms with E-state index in [1.54, 1.807) is 5.57 Å². The van der Waals surface area contributed by atoms with Crippen LogP contribution in [0.25, 0.3) is 0 Å². The Hall–Kier alpha value is -0.340. The second kappa shape index (κ2) is 9.57. The van der Waals surface area contributed by atoms with E-state index in [1.807, 2.05) is 0 Å². The summed E-state index contributed by atoms with van der Waals surface area (Å²) in [5, 5.41) is 3.64. The molecule has 0 aromatic rings. The molecule has 0 aromatic heterocycles. The standard InChI is InChI=1S/C16H31NO/c1-4-15(18-6-3)16(17-5-2)14-12-10-8-7-9-11-13-14/h12,15-17H,4-11,13H2,1-3H3. The van der Waals surface area contributed by atoms with Crippen molar-refractivity contribution < 1.29 is 4.74 Å². The third kappa shape index (κ3) is 5.11. The van der Waals surface area contributed by atoms with Crippen LogP contribution in [0.5, 0.6) is 0 Å². The van der Waals surface area contributed by atoms with E-state index >= 15 is 0 Å². The summed E-state index contributed by atoms with van der Waals surface area (Å²) in [5.74, 6) is 0. The van der Waals surface area contributed by atoms with E-state index in [2.05, 4.69) is 32.2 Å². The third-order valence-corrected chi connectivity index (χ3v) is 3.80. The van der Waals surface area contributed by atoms with Crippen LogP contribution < -0.4 is 5.32 Å². The lowest BCUT2D eigenvalue weighted by molar-refractivity contribution is 0.0401. The van der Waals surface area contributed by atoms with Crippen LogP contribution in [-0.2, 0) is 4.74 Å². The summed E-state index contributed by atoms with van der Waals surface area (Å²) in [6.07, 6.45) is 11.9. The van der Waals surface area contributed by atoms with Gasteiger partial charge in [-0.15, -0.1) is 0 Å². The lowest BCUT2D eigenvalue weighted by Crippen LogP contribution is -2.42. The van der Waals surface area contributed by atoms with Crippen LogP contribution in [0.4, 0.5) is 0 Å². The Kier molecular flexibility index (Phi) is 8.36. The Morgan fingerprint density at radius 2 is 1.94 bits per heavy atom. The van der Waals surface area contributed by atoms with Gasteiger partial charge in [0.25, 0.3) is 0 Å². The maximum absolute atomic E-state index is 5.93. The molecule has 0 heterocycles. The molecule has 0 spiro atoms. The van der Waals surface area contributed by atoms with E-state index in [0.29, 0.717) is 12.1 Å². The first-order valence-corrected chi connectivity index (χ1v) is 7.87. The van der Waals surface area contributed by atoms with Crippen LogP contribution in [0.1, 0.15) is 65.7 Å². The number of hydrogen-bond acceptors (Lipinski definition) is 2. The molecule has 0 saturated carbocycles. The molecule has 2 unspecified atom stereocenters. The number of nitrogens with one attached hydrogen (secondary N) is 1. The van der Waals surface area contributed by atoms with Gasteiger partial charge in [-0.3, -0.25) is 0 Å². The Balaban J connectivity index is 2.72. The molecule has 2 atom stereocenters. The summed E-state index contributed by atoms with van der Waals surface area (Å²) in [6.45, 7) is 8.35. The Labute approximate surface area is 113 Å². The molecule has 0 amide bonds. The van der Waals surface area contributed by atoms with E-state index in [9.17, 15) is 0 Å². The fourth-order valence-corrected chi connectivity index (χ4v) is 2.88. The molecule has 1 aliphatic carbocycles. The van der Waals surface area contributed by atoms with Crippen LogP contribution >= 0.6 is 0 Å². The van der Waals surface area contributed by atoms with E-state index < -0.39 is 0 Å². The van der Waals surface area contributed by atoms with Gasteiger partial charge < -0.3 is 10.1 Å². The molecule has 2 nitrogen and oxygen atoms in total. The molecule has 0 saturated heterocycles. The van der Waals surface area contributed by atoms with Crippen molar-refractivity contribution in [3.63, 3.8) is 0 Å². The monoisotopic (exact) mass is 253 g/mol. The van der Waals surface area contributed by atoms with Crippen molar-refractivity contribution in [2.45, 2.75) is 77.9 Å². The van der Waals surface area contributed by atoms with Crippen molar-refractivity contribution in [3.8, 4) is 0 Å². The SMILES string of the molecule is CCNC(C1=CCCCCCC1)C(CC)OCC. The molecular formula is C16H31NO. The zero-order valence-corrected chi connectivity index (χ0v) is 12.5. The average molecular weight is 253 g/mol. The summed E-state index contributed by atoms with van der Waals surface area (Å²) in [5.41, 5.74) is 1.59. The highest BCUT2D eigenvalue weighted by atomic mass is 16.5. The number of allylic oxidation sites excluding steroid dienone is 1. The largest absolute Gasteiger partial charge is 0.377 e. The van der Waals surface area contributed by atoms with Crippen molar-refractivity contribution in [2.75, 3.05) is 13.2 Å². The molecule has 0 fully saturated rings.